The molecule has 0 spiro atoms. The van der Waals surface area contributed by atoms with Crippen molar-refractivity contribution < 1.29 is 4.74 Å². The monoisotopic (exact) mass is 382 g/mol. The average molecular weight is 383 g/mol. The second-order valence-electron chi connectivity index (χ2n) is 8.38. The van der Waals surface area contributed by atoms with Crippen molar-refractivity contribution in [3.8, 4) is 5.69 Å². The average Bonchev–Trinajstić information content (AvgIpc) is 3.04. The van der Waals surface area contributed by atoms with Crippen LogP contribution >= 0.6 is 0 Å². The number of rotatable bonds is 6. The number of ether oxygens (including phenoxy) is 1. The molecular weight excluding hydrogens is 348 g/mol. The van der Waals surface area contributed by atoms with Gasteiger partial charge in [-0.1, -0.05) is 24.6 Å². The Balaban J connectivity index is 1.45. The first-order valence-electron chi connectivity index (χ1n) is 10.8. The molecule has 0 aliphatic carbocycles. The van der Waals surface area contributed by atoms with Crippen molar-refractivity contribution in [2.45, 2.75) is 58.0 Å². The molecule has 0 unspecified atom stereocenters. The summed E-state index contributed by atoms with van der Waals surface area (Å²) in [5.41, 5.74) is 5.06. The van der Waals surface area contributed by atoms with Crippen molar-refractivity contribution in [1.82, 2.24) is 20.0 Å². The van der Waals surface area contributed by atoms with Crippen LogP contribution in [-0.2, 0) is 11.3 Å². The Morgan fingerprint density at radius 2 is 1.75 bits per heavy atom. The van der Waals surface area contributed by atoms with Crippen molar-refractivity contribution in [2.75, 3.05) is 32.8 Å². The van der Waals surface area contributed by atoms with Crippen molar-refractivity contribution in [3.63, 3.8) is 0 Å². The number of hydrogen-bond acceptors (Lipinski definition) is 4. The highest BCUT2D eigenvalue weighted by molar-refractivity contribution is 5.36. The molecule has 28 heavy (non-hydrogen) atoms. The molecule has 2 saturated heterocycles. The van der Waals surface area contributed by atoms with Crippen molar-refractivity contribution >= 4 is 0 Å². The number of nitrogens with one attached hydrogen (secondary N) is 1. The minimum Gasteiger partial charge on any atom is -0.381 e. The van der Waals surface area contributed by atoms with E-state index in [0.29, 0.717) is 0 Å². The number of benzene rings is 1. The summed E-state index contributed by atoms with van der Waals surface area (Å²) in [6.07, 6.45) is 6.34. The SMILES string of the molecule is Cc1nn(-c2ccccc2)c(C)c1CNCC1(N2CCCCC2)CCOCC1. The minimum atomic E-state index is 0.260. The second kappa shape index (κ2) is 8.76. The van der Waals surface area contributed by atoms with Gasteiger partial charge in [-0.15, -0.1) is 0 Å². The van der Waals surface area contributed by atoms with Crippen LogP contribution in [-0.4, -0.2) is 53.1 Å². The Labute approximate surface area is 169 Å². The van der Waals surface area contributed by atoms with E-state index in [4.69, 9.17) is 9.84 Å². The lowest BCUT2D eigenvalue weighted by atomic mass is 9.86. The summed E-state index contributed by atoms with van der Waals surface area (Å²) in [6.45, 7) is 10.5. The third-order valence-electron chi connectivity index (χ3n) is 6.65. The van der Waals surface area contributed by atoms with E-state index < -0.39 is 0 Å². The molecule has 1 aromatic heterocycles. The molecule has 1 aromatic carbocycles. The van der Waals surface area contributed by atoms with E-state index in [1.165, 1.54) is 43.6 Å². The highest BCUT2D eigenvalue weighted by Gasteiger charge is 2.38. The molecule has 2 aromatic rings. The summed E-state index contributed by atoms with van der Waals surface area (Å²) in [5.74, 6) is 0. The zero-order valence-corrected chi connectivity index (χ0v) is 17.4. The Morgan fingerprint density at radius 3 is 2.46 bits per heavy atom. The van der Waals surface area contributed by atoms with E-state index in [2.05, 4.69) is 53.0 Å². The first-order valence-corrected chi connectivity index (χ1v) is 10.8. The van der Waals surface area contributed by atoms with Crippen molar-refractivity contribution in [2.24, 2.45) is 0 Å². The minimum absolute atomic E-state index is 0.260. The van der Waals surface area contributed by atoms with Crippen LogP contribution in [0.1, 0.15) is 49.1 Å². The van der Waals surface area contributed by atoms with Crippen LogP contribution in [0.4, 0.5) is 0 Å². The maximum Gasteiger partial charge on any atom is 0.0648 e. The first kappa shape index (κ1) is 19.6. The largest absolute Gasteiger partial charge is 0.381 e. The quantitative estimate of drug-likeness (QED) is 0.829. The van der Waals surface area contributed by atoms with Crippen LogP contribution in [0.15, 0.2) is 30.3 Å². The standard InChI is InChI=1S/C23H34N4O/c1-19-22(20(2)27(25-19)21-9-5-3-6-10-21)17-24-18-23(11-15-28-16-12-23)26-13-7-4-8-14-26/h3,5-6,9-10,24H,4,7-8,11-18H2,1-2H3. The van der Waals surface area contributed by atoms with E-state index in [1.807, 2.05) is 6.07 Å². The predicted molar refractivity (Wildman–Crippen MR) is 113 cm³/mol. The van der Waals surface area contributed by atoms with Gasteiger partial charge in [-0.2, -0.15) is 5.10 Å². The fourth-order valence-corrected chi connectivity index (χ4v) is 4.90. The van der Waals surface area contributed by atoms with Crippen LogP contribution < -0.4 is 5.32 Å². The molecule has 3 heterocycles. The van der Waals surface area contributed by atoms with E-state index in [0.717, 1.165) is 50.5 Å². The van der Waals surface area contributed by atoms with E-state index in [-0.39, 0.29) is 5.54 Å². The number of aromatic nitrogens is 2. The Bertz CT molecular complexity index is 758. The Hall–Kier alpha value is -1.69. The number of para-hydroxylation sites is 1. The number of likely N-dealkylation sites (tertiary alicyclic amines) is 1. The molecule has 152 valence electrons. The molecule has 5 nitrogen and oxygen atoms in total. The van der Waals surface area contributed by atoms with Gasteiger partial charge in [-0.3, -0.25) is 4.90 Å². The van der Waals surface area contributed by atoms with Gasteiger partial charge in [0, 0.05) is 43.1 Å². The molecule has 0 atom stereocenters. The molecular formula is C23H34N4O. The van der Waals surface area contributed by atoms with Crippen molar-refractivity contribution in [3.05, 3.63) is 47.3 Å². The summed E-state index contributed by atoms with van der Waals surface area (Å²) < 4.78 is 7.77. The smallest absolute Gasteiger partial charge is 0.0648 e. The highest BCUT2D eigenvalue weighted by atomic mass is 16.5. The fraction of sp³-hybridized carbons (Fsp3) is 0.609. The van der Waals surface area contributed by atoms with Gasteiger partial charge in [0.1, 0.15) is 0 Å². The van der Waals surface area contributed by atoms with Gasteiger partial charge >= 0.3 is 0 Å². The van der Waals surface area contributed by atoms with Crippen LogP contribution in [0.2, 0.25) is 0 Å². The van der Waals surface area contributed by atoms with Gasteiger partial charge in [-0.25, -0.2) is 4.68 Å². The van der Waals surface area contributed by atoms with Crippen LogP contribution in [0.3, 0.4) is 0 Å². The molecule has 2 fully saturated rings. The number of aryl methyl sites for hydroxylation is 1. The molecule has 2 aliphatic rings. The molecule has 2 aliphatic heterocycles. The third-order valence-corrected chi connectivity index (χ3v) is 6.65. The fourth-order valence-electron chi connectivity index (χ4n) is 4.90. The summed E-state index contributed by atoms with van der Waals surface area (Å²) in [4.78, 5) is 2.75. The number of hydrogen-bond donors (Lipinski definition) is 1. The van der Waals surface area contributed by atoms with Gasteiger partial charge < -0.3 is 10.1 Å². The highest BCUT2D eigenvalue weighted by Crippen LogP contribution is 2.30. The number of nitrogens with zero attached hydrogens (tertiary/aromatic N) is 3. The molecule has 0 saturated carbocycles. The maximum atomic E-state index is 5.70. The second-order valence-corrected chi connectivity index (χ2v) is 8.38. The lowest BCUT2D eigenvalue weighted by molar-refractivity contribution is -0.0358. The summed E-state index contributed by atoms with van der Waals surface area (Å²) in [6, 6.07) is 10.4. The summed E-state index contributed by atoms with van der Waals surface area (Å²) >= 11 is 0. The summed E-state index contributed by atoms with van der Waals surface area (Å²) in [7, 11) is 0. The first-order chi connectivity index (χ1) is 13.7. The van der Waals surface area contributed by atoms with Crippen LogP contribution in [0.5, 0.6) is 0 Å². The number of piperidine rings is 1. The molecule has 4 rings (SSSR count). The van der Waals surface area contributed by atoms with E-state index >= 15 is 0 Å². The maximum absolute atomic E-state index is 5.70. The van der Waals surface area contributed by atoms with Crippen molar-refractivity contribution in [1.29, 1.82) is 0 Å². The Morgan fingerprint density at radius 1 is 1.04 bits per heavy atom. The van der Waals surface area contributed by atoms with E-state index in [9.17, 15) is 0 Å². The zero-order valence-electron chi connectivity index (χ0n) is 17.4. The van der Waals surface area contributed by atoms with Gasteiger partial charge in [0.25, 0.3) is 0 Å². The van der Waals surface area contributed by atoms with Crippen LogP contribution in [0, 0.1) is 13.8 Å². The molecule has 1 N–H and O–H groups in total. The Kier molecular flexibility index (Phi) is 6.14. The molecule has 5 heteroatoms. The van der Waals surface area contributed by atoms with Gasteiger partial charge in [-0.05, 0) is 64.8 Å². The van der Waals surface area contributed by atoms with E-state index in [1.54, 1.807) is 0 Å². The zero-order chi connectivity index (χ0) is 19.4. The van der Waals surface area contributed by atoms with Gasteiger partial charge in [0.2, 0.25) is 0 Å². The normalized spacial score (nSPS) is 20.4. The molecule has 0 bridgehead atoms. The van der Waals surface area contributed by atoms with Gasteiger partial charge in [0.15, 0.2) is 0 Å². The summed E-state index contributed by atoms with van der Waals surface area (Å²) in [5, 5.41) is 8.60. The van der Waals surface area contributed by atoms with Crippen LogP contribution in [0.25, 0.3) is 5.69 Å². The topological polar surface area (TPSA) is 42.3 Å². The lowest BCUT2D eigenvalue weighted by Crippen LogP contribution is -2.59. The molecule has 0 radical (unpaired) electrons. The predicted octanol–water partition coefficient (Wildman–Crippen LogP) is 3.61. The third kappa shape index (κ3) is 4.02. The van der Waals surface area contributed by atoms with Gasteiger partial charge in [0.05, 0.1) is 11.4 Å². The molecule has 0 amide bonds. The lowest BCUT2D eigenvalue weighted by Gasteiger charge is -2.48.